The lowest BCUT2D eigenvalue weighted by Crippen LogP contribution is -2.50. The highest BCUT2D eigenvalue weighted by Gasteiger charge is 2.20. The molecule has 4 nitrogen and oxygen atoms in total. The Kier molecular flexibility index (Phi) is 2.52. The Labute approximate surface area is 101 Å². The molecule has 2 heterocycles. The molecule has 90 valence electrons. The Morgan fingerprint density at radius 2 is 2.18 bits per heavy atom. The van der Waals surface area contributed by atoms with Crippen molar-refractivity contribution in [3.63, 3.8) is 0 Å². The summed E-state index contributed by atoms with van der Waals surface area (Å²) in [6.07, 6.45) is 0. The van der Waals surface area contributed by atoms with Crippen LogP contribution in [0.2, 0.25) is 0 Å². The number of benzene rings is 1. The van der Waals surface area contributed by atoms with Crippen LogP contribution >= 0.6 is 0 Å². The van der Waals surface area contributed by atoms with E-state index in [4.69, 9.17) is 4.98 Å². The lowest BCUT2D eigenvalue weighted by Gasteiger charge is -2.32. The highest BCUT2D eigenvalue weighted by molar-refractivity contribution is 5.78. The summed E-state index contributed by atoms with van der Waals surface area (Å²) in [5, 5.41) is 3.46. The van der Waals surface area contributed by atoms with Gasteiger partial charge in [0.15, 0.2) is 0 Å². The summed E-state index contributed by atoms with van der Waals surface area (Å²) in [5.41, 5.74) is 2.28. The van der Waals surface area contributed by atoms with Gasteiger partial charge >= 0.3 is 0 Å². The highest BCUT2D eigenvalue weighted by Crippen LogP contribution is 2.21. The SMILES string of the molecule is C[C@@H]1CN(c2nc3ccccc3n2C)CCN1. The number of anilines is 1. The average Bonchev–Trinajstić information content (AvgIpc) is 2.68. The van der Waals surface area contributed by atoms with Crippen LogP contribution in [0.4, 0.5) is 5.95 Å². The number of piperazine rings is 1. The number of hydrogen-bond acceptors (Lipinski definition) is 3. The smallest absolute Gasteiger partial charge is 0.206 e. The van der Waals surface area contributed by atoms with Crippen molar-refractivity contribution in [2.75, 3.05) is 24.5 Å². The molecule has 1 fully saturated rings. The molecule has 0 unspecified atom stereocenters. The Morgan fingerprint density at radius 3 is 2.94 bits per heavy atom. The molecule has 3 rings (SSSR count). The van der Waals surface area contributed by atoms with Gasteiger partial charge in [-0.25, -0.2) is 4.98 Å². The number of nitrogens with one attached hydrogen (secondary N) is 1. The zero-order chi connectivity index (χ0) is 11.8. The molecule has 0 spiro atoms. The van der Waals surface area contributed by atoms with Gasteiger partial charge in [-0.05, 0) is 19.1 Å². The summed E-state index contributed by atoms with van der Waals surface area (Å²) in [6, 6.07) is 8.83. The van der Waals surface area contributed by atoms with Crippen LogP contribution in [0.1, 0.15) is 6.92 Å². The average molecular weight is 230 g/mol. The number of aryl methyl sites for hydroxylation is 1. The van der Waals surface area contributed by atoms with Crippen molar-refractivity contribution in [1.82, 2.24) is 14.9 Å². The maximum Gasteiger partial charge on any atom is 0.206 e. The second-order valence-corrected chi connectivity index (χ2v) is 4.76. The van der Waals surface area contributed by atoms with Gasteiger partial charge in [-0.3, -0.25) is 0 Å². The third-order valence-corrected chi connectivity index (χ3v) is 3.42. The van der Waals surface area contributed by atoms with Crippen LogP contribution in [0.25, 0.3) is 11.0 Å². The van der Waals surface area contributed by atoms with Crippen molar-refractivity contribution < 1.29 is 0 Å². The van der Waals surface area contributed by atoms with E-state index in [0.29, 0.717) is 6.04 Å². The van der Waals surface area contributed by atoms with E-state index in [1.807, 2.05) is 6.07 Å². The third-order valence-electron chi connectivity index (χ3n) is 3.42. The van der Waals surface area contributed by atoms with E-state index in [9.17, 15) is 0 Å². The number of imidazole rings is 1. The van der Waals surface area contributed by atoms with Gasteiger partial charge in [0.2, 0.25) is 5.95 Å². The van der Waals surface area contributed by atoms with Gasteiger partial charge in [0.05, 0.1) is 11.0 Å². The van der Waals surface area contributed by atoms with Crippen LogP contribution < -0.4 is 10.2 Å². The van der Waals surface area contributed by atoms with Crippen LogP contribution in [0.15, 0.2) is 24.3 Å². The fourth-order valence-corrected chi connectivity index (χ4v) is 2.53. The number of rotatable bonds is 1. The molecule has 17 heavy (non-hydrogen) atoms. The topological polar surface area (TPSA) is 33.1 Å². The largest absolute Gasteiger partial charge is 0.339 e. The van der Waals surface area contributed by atoms with Gasteiger partial charge in [-0.15, -0.1) is 0 Å². The minimum absolute atomic E-state index is 0.531. The van der Waals surface area contributed by atoms with Crippen LogP contribution in [0, 0.1) is 0 Å². The van der Waals surface area contributed by atoms with E-state index in [1.54, 1.807) is 0 Å². The van der Waals surface area contributed by atoms with Crippen molar-refractivity contribution in [1.29, 1.82) is 0 Å². The van der Waals surface area contributed by atoms with E-state index < -0.39 is 0 Å². The van der Waals surface area contributed by atoms with Crippen molar-refractivity contribution in [2.24, 2.45) is 7.05 Å². The van der Waals surface area contributed by atoms with Crippen molar-refractivity contribution in [2.45, 2.75) is 13.0 Å². The monoisotopic (exact) mass is 230 g/mol. The first-order valence-electron chi connectivity index (χ1n) is 6.15. The molecule has 2 aromatic rings. The Bertz CT molecular complexity index is 531. The first-order valence-corrected chi connectivity index (χ1v) is 6.15. The third kappa shape index (κ3) is 1.78. The zero-order valence-electron chi connectivity index (χ0n) is 10.3. The molecule has 0 bridgehead atoms. The standard InChI is InChI=1S/C13H18N4/c1-10-9-17(8-7-14-10)13-15-11-5-3-4-6-12(11)16(13)2/h3-6,10,14H,7-9H2,1-2H3/t10-/m1/s1. The molecule has 0 amide bonds. The van der Waals surface area contributed by atoms with Gasteiger partial charge in [-0.1, -0.05) is 12.1 Å². The fourth-order valence-electron chi connectivity index (χ4n) is 2.53. The Balaban J connectivity index is 2.02. The minimum Gasteiger partial charge on any atom is -0.339 e. The predicted molar refractivity (Wildman–Crippen MR) is 70.4 cm³/mol. The fraction of sp³-hybridized carbons (Fsp3) is 0.462. The molecule has 1 aliphatic rings. The molecular formula is C13H18N4. The zero-order valence-corrected chi connectivity index (χ0v) is 10.3. The van der Waals surface area contributed by atoms with E-state index in [0.717, 1.165) is 31.1 Å². The molecule has 4 heteroatoms. The minimum atomic E-state index is 0.531. The van der Waals surface area contributed by atoms with E-state index in [2.05, 4.69) is 47.0 Å². The number of para-hydroxylation sites is 2. The molecule has 1 N–H and O–H groups in total. The van der Waals surface area contributed by atoms with E-state index in [-0.39, 0.29) is 0 Å². The lowest BCUT2D eigenvalue weighted by atomic mass is 10.2. The normalized spacial score (nSPS) is 21.1. The van der Waals surface area contributed by atoms with Crippen LogP contribution in [-0.4, -0.2) is 35.2 Å². The van der Waals surface area contributed by atoms with Gasteiger partial charge < -0.3 is 14.8 Å². The second-order valence-electron chi connectivity index (χ2n) is 4.76. The molecular weight excluding hydrogens is 212 g/mol. The van der Waals surface area contributed by atoms with Gasteiger partial charge in [0.1, 0.15) is 0 Å². The van der Waals surface area contributed by atoms with E-state index >= 15 is 0 Å². The first kappa shape index (κ1) is 10.6. The van der Waals surface area contributed by atoms with Crippen LogP contribution in [0.5, 0.6) is 0 Å². The van der Waals surface area contributed by atoms with Crippen molar-refractivity contribution >= 4 is 17.0 Å². The summed E-state index contributed by atoms with van der Waals surface area (Å²) < 4.78 is 2.19. The molecule has 0 radical (unpaired) electrons. The second kappa shape index (κ2) is 4.04. The van der Waals surface area contributed by atoms with Crippen molar-refractivity contribution in [3.05, 3.63) is 24.3 Å². The van der Waals surface area contributed by atoms with E-state index in [1.165, 1.54) is 5.52 Å². The quantitative estimate of drug-likeness (QED) is 0.803. The summed E-state index contributed by atoms with van der Waals surface area (Å²) >= 11 is 0. The molecule has 1 saturated heterocycles. The van der Waals surface area contributed by atoms with Gasteiger partial charge in [-0.2, -0.15) is 0 Å². The predicted octanol–water partition coefficient (Wildman–Crippen LogP) is 1.37. The molecule has 1 aromatic heterocycles. The molecule has 1 aliphatic heterocycles. The molecule has 1 aromatic carbocycles. The Morgan fingerprint density at radius 1 is 1.35 bits per heavy atom. The maximum atomic E-state index is 4.73. The summed E-state index contributed by atoms with van der Waals surface area (Å²) in [7, 11) is 2.09. The van der Waals surface area contributed by atoms with Gasteiger partial charge in [0, 0.05) is 32.7 Å². The highest BCUT2D eigenvalue weighted by atomic mass is 15.3. The molecule has 0 aliphatic carbocycles. The first-order chi connectivity index (χ1) is 8.25. The lowest BCUT2D eigenvalue weighted by molar-refractivity contribution is 0.477. The summed E-state index contributed by atoms with van der Waals surface area (Å²) in [6.45, 7) is 5.30. The molecule has 0 saturated carbocycles. The van der Waals surface area contributed by atoms with Crippen LogP contribution in [-0.2, 0) is 7.05 Å². The number of aromatic nitrogens is 2. The number of nitrogens with zero attached hydrogens (tertiary/aromatic N) is 3. The van der Waals surface area contributed by atoms with Crippen molar-refractivity contribution in [3.8, 4) is 0 Å². The number of fused-ring (bicyclic) bond motifs is 1. The van der Waals surface area contributed by atoms with Crippen LogP contribution in [0.3, 0.4) is 0 Å². The van der Waals surface area contributed by atoms with Gasteiger partial charge in [0.25, 0.3) is 0 Å². The maximum absolute atomic E-state index is 4.73. The summed E-state index contributed by atoms with van der Waals surface area (Å²) in [4.78, 5) is 7.09. The summed E-state index contributed by atoms with van der Waals surface area (Å²) in [5.74, 6) is 1.08. The number of hydrogen-bond donors (Lipinski definition) is 1. The Hall–Kier alpha value is -1.55. The molecule has 1 atom stereocenters.